The van der Waals surface area contributed by atoms with Gasteiger partial charge in [0.1, 0.15) is 0 Å². The van der Waals surface area contributed by atoms with Crippen LogP contribution in [-0.2, 0) is 12.8 Å². The molecular formula is C12H14N6O6. The van der Waals surface area contributed by atoms with Crippen molar-refractivity contribution < 1.29 is 28.6 Å². The van der Waals surface area contributed by atoms with Gasteiger partial charge in [0, 0.05) is 12.8 Å². The molecule has 0 amide bonds. The lowest BCUT2D eigenvalue weighted by atomic mass is 10.1. The Morgan fingerprint density at radius 1 is 0.708 bits per heavy atom. The van der Waals surface area contributed by atoms with E-state index in [9.17, 15) is 15.6 Å². The van der Waals surface area contributed by atoms with Crippen LogP contribution in [0.1, 0.15) is 38.1 Å². The predicted octanol–water partition coefficient (Wildman–Crippen LogP) is -0.210. The molecule has 0 saturated carbocycles. The average molecular weight is 338 g/mol. The summed E-state index contributed by atoms with van der Waals surface area (Å²) < 4.78 is 13.8. The Kier molecular flexibility index (Phi) is 4.02. The van der Waals surface area contributed by atoms with Crippen LogP contribution in [0.4, 0.5) is 0 Å². The van der Waals surface area contributed by atoms with Crippen LogP contribution in [0.5, 0.6) is 0 Å². The van der Waals surface area contributed by atoms with Gasteiger partial charge < -0.3 is 15.6 Å². The number of rotatable bonds is 6. The lowest BCUT2D eigenvalue weighted by Gasteiger charge is -1.95. The number of hydrogen-bond donors (Lipinski definition) is 0. The smallest absolute Gasteiger partial charge is 0.310 e. The maximum Gasteiger partial charge on any atom is 0.310 e. The Morgan fingerprint density at radius 3 is 1.75 bits per heavy atom. The molecule has 3 heterocycles. The molecule has 3 rings (SSSR count). The highest BCUT2D eigenvalue weighted by molar-refractivity contribution is 5.72. The van der Waals surface area contributed by atoms with Gasteiger partial charge in [-0.1, -0.05) is 13.8 Å². The first-order chi connectivity index (χ1) is 11.6. The molecule has 12 nitrogen and oxygen atoms in total. The normalized spacial score (nSPS) is 11.2. The minimum absolute atomic E-state index is 0.0130. The molecule has 0 aliphatic carbocycles. The molecule has 0 bridgehead atoms. The molecule has 24 heavy (non-hydrogen) atoms. The van der Waals surface area contributed by atoms with Crippen molar-refractivity contribution >= 4 is 0 Å². The van der Waals surface area contributed by atoms with Crippen molar-refractivity contribution in [2.75, 3.05) is 0 Å². The summed E-state index contributed by atoms with van der Waals surface area (Å²) in [4.78, 5) is 0.557. The van der Waals surface area contributed by atoms with E-state index in [1.54, 1.807) is 0 Å². The Labute approximate surface area is 134 Å². The molecule has 0 fully saturated rings. The molecule has 0 radical (unpaired) electrons. The first-order valence-corrected chi connectivity index (χ1v) is 7.36. The lowest BCUT2D eigenvalue weighted by Crippen LogP contribution is -2.30. The van der Waals surface area contributed by atoms with Crippen molar-refractivity contribution in [3.8, 4) is 22.8 Å². The van der Waals surface area contributed by atoms with E-state index in [1.165, 1.54) is 0 Å². The summed E-state index contributed by atoms with van der Waals surface area (Å²) in [5, 5.41) is 46.3. The van der Waals surface area contributed by atoms with Gasteiger partial charge in [-0.15, -0.1) is 0 Å². The van der Waals surface area contributed by atoms with E-state index in [2.05, 4.69) is 29.4 Å². The van der Waals surface area contributed by atoms with E-state index in [-0.39, 0.29) is 48.9 Å². The molecule has 128 valence electrons. The van der Waals surface area contributed by atoms with Gasteiger partial charge in [0.15, 0.2) is 0 Å². The molecule has 0 aliphatic heterocycles. The van der Waals surface area contributed by atoms with Crippen LogP contribution in [0, 0.1) is 15.6 Å². The van der Waals surface area contributed by atoms with Crippen LogP contribution in [0.3, 0.4) is 0 Å². The molecule has 0 aliphatic rings. The second-order valence-electron chi connectivity index (χ2n) is 5.08. The maximum atomic E-state index is 12.0. The molecule has 0 unspecified atom stereocenters. The fraction of sp³-hybridized carbons (Fsp3) is 0.500. The van der Waals surface area contributed by atoms with E-state index in [4.69, 9.17) is 0 Å². The quantitative estimate of drug-likeness (QED) is 0.554. The van der Waals surface area contributed by atoms with Crippen LogP contribution in [-0.4, -0.2) is 15.5 Å². The molecule has 0 spiro atoms. The first-order valence-electron chi connectivity index (χ1n) is 7.36. The summed E-state index contributed by atoms with van der Waals surface area (Å²) in [5.41, 5.74) is 0.190. The second kappa shape index (κ2) is 6.14. The van der Waals surface area contributed by atoms with Crippen molar-refractivity contribution in [2.45, 2.75) is 39.5 Å². The molecular weight excluding hydrogens is 324 g/mol. The van der Waals surface area contributed by atoms with Gasteiger partial charge in [0.25, 0.3) is 11.4 Å². The zero-order chi connectivity index (χ0) is 17.3. The topological polar surface area (TPSA) is 159 Å². The van der Waals surface area contributed by atoms with Crippen molar-refractivity contribution in [1.29, 1.82) is 0 Å². The second-order valence-corrected chi connectivity index (χ2v) is 5.08. The van der Waals surface area contributed by atoms with E-state index in [1.807, 2.05) is 13.8 Å². The predicted molar refractivity (Wildman–Crippen MR) is 72.4 cm³/mol. The van der Waals surface area contributed by atoms with Crippen molar-refractivity contribution in [3.05, 3.63) is 27.0 Å². The average Bonchev–Trinajstić information content (AvgIpc) is 3.21. The number of hydrogen-bond acceptors (Lipinski definition) is 9. The highest BCUT2D eigenvalue weighted by Crippen LogP contribution is 2.29. The van der Waals surface area contributed by atoms with Gasteiger partial charge in [0.05, 0.1) is 15.5 Å². The summed E-state index contributed by atoms with van der Waals surface area (Å²) in [6.45, 7) is 3.72. The summed E-state index contributed by atoms with van der Waals surface area (Å²) in [5.74, 6) is 0. The SMILES string of the molecule is CCCc1c(-c2no[n+]([O-])c2-c2no[n+]([O-])c2CCC)no[n+]1[O-]. The number of aromatic nitrogens is 6. The lowest BCUT2D eigenvalue weighted by molar-refractivity contribution is -0.808. The van der Waals surface area contributed by atoms with Crippen molar-refractivity contribution in [2.24, 2.45) is 0 Å². The number of nitrogens with zero attached hydrogens (tertiary/aromatic N) is 6. The zero-order valence-electron chi connectivity index (χ0n) is 13.0. The van der Waals surface area contributed by atoms with E-state index in [0.29, 0.717) is 25.7 Å². The fourth-order valence-corrected chi connectivity index (χ4v) is 2.39. The van der Waals surface area contributed by atoms with Gasteiger partial charge in [0.2, 0.25) is 11.4 Å². The summed E-state index contributed by atoms with van der Waals surface area (Å²) in [6.07, 6.45) is 1.96. The molecule has 0 saturated heterocycles. The largest absolute Gasteiger partial charge is 0.359 e. The Hall–Kier alpha value is -3.18. The minimum Gasteiger partial charge on any atom is -0.359 e. The van der Waals surface area contributed by atoms with Gasteiger partial charge in [-0.05, 0) is 27.6 Å². The van der Waals surface area contributed by atoms with Gasteiger partial charge in [-0.2, -0.15) is 0 Å². The fourth-order valence-electron chi connectivity index (χ4n) is 2.39. The third-order valence-electron chi connectivity index (χ3n) is 3.44. The Balaban J connectivity index is 2.18. The van der Waals surface area contributed by atoms with Crippen LogP contribution in [0.2, 0.25) is 0 Å². The maximum absolute atomic E-state index is 12.0. The van der Waals surface area contributed by atoms with Crippen LogP contribution in [0.15, 0.2) is 13.9 Å². The van der Waals surface area contributed by atoms with Crippen LogP contribution < -0.4 is 14.7 Å². The van der Waals surface area contributed by atoms with Gasteiger partial charge >= 0.3 is 11.4 Å². The summed E-state index contributed by atoms with van der Waals surface area (Å²) in [7, 11) is 0. The Morgan fingerprint density at radius 2 is 1.17 bits per heavy atom. The van der Waals surface area contributed by atoms with Crippen LogP contribution >= 0.6 is 0 Å². The molecule has 3 aromatic heterocycles. The molecule has 12 heteroatoms. The van der Waals surface area contributed by atoms with Gasteiger partial charge in [-0.25, -0.2) is 0 Å². The third kappa shape index (κ3) is 2.41. The monoisotopic (exact) mass is 338 g/mol. The van der Waals surface area contributed by atoms with E-state index < -0.39 is 0 Å². The van der Waals surface area contributed by atoms with E-state index >= 15 is 0 Å². The van der Waals surface area contributed by atoms with Crippen LogP contribution in [0.25, 0.3) is 22.8 Å². The molecule has 0 atom stereocenters. The minimum atomic E-state index is -0.164. The molecule has 0 aromatic carbocycles. The summed E-state index contributed by atoms with van der Waals surface area (Å²) in [6, 6.07) is 0. The highest BCUT2D eigenvalue weighted by Gasteiger charge is 2.39. The molecule has 3 aromatic rings. The van der Waals surface area contributed by atoms with Crippen molar-refractivity contribution in [3.63, 3.8) is 0 Å². The highest BCUT2D eigenvalue weighted by atomic mass is 16.8. The van der Waals surface area contributed by atoms with E-state index in [0.717, 1.165) is 0 Å². The summed E-state index contributed by atoms with van der Waals surface area (Å²) >= 11 is 0. The van der Waals surface area contributed by atoms with Gasteiger partial charge in [-0.3, -0.25) is 13.9 Å². The zero-order valence-corrected chi connectivity index (χ0v) is 13.0. The molecule has 0 N–H and O–H groups in total. The van der Waals surface area contributed by atoms with Crippen molar-refractivity contribution in [1.82, 2.24) is 15.5 Å². The third-order valence-corrected chi connectivity index (χ3v) is 3.44. The Bertz CT molecular complexity index is 852. The first kappa shape index (κ1) is 15.7. The standard InChI is InChI=1S/C12H14N6O6/c1-3-5-7-9(13-22-16(7)19)11-12(18(21)24-15-11)10-8(6-4-2)17(20)23-14-10/h3-6H2,1-2H3.